The molecule has 0 amide bonds. The molecule has 15 heteroatoms. The number of nitrogens with one attached hydrogen (secondary N) is 3. The summed E-state index contributed by atoms with van der Waals surface area (Å²) in [5, 5.41) is 8.02. The van der Waals surface area contributed by atoms with Gasteiger partial charge in [-0.3, -0.25) is 4.72 Å². The fourth-order valence-electron chi connectivity index (χ4n) is 7.45. The van der Waals surface area contributed by atoms with E-state index in [-0.39, 0.29) is 23.9 Å². The molecule has 4 aromatic rings. The van der Waals surface area contributed by atoms with Gasteiger partial charge in [0.1, 0.15) is 0 Å². The average molecular weight is 863 g/mol. The molecular formula is C44H58N6O6S3. The third-order valence-corrected chi connectivity index (χ3v) is 15.4. The van der Waals surface area contributed by atoms with Crippen molar-refractivity contribution in [1.82, 2.24) is 19.2 Å². The maximum Gasteiger partial charge on any atom is 0.229 e. The summed E-state index contributed by atoms with van der Waals surface area (Å²) in [4.78, 5) is 4.54. The first-order chi connectivity index (χ1) is 27.8. The van der Waals surface area contributed by atoms with Gasteiger partial charge in [-0.15, -0.1) is 0 Å². The number of sulfonamides is 3. The molecule has 6 rings (SSSR count). The molecule has 2 aliphatic rings. The maximum atomic E-state index is 12.4. The van der Waals surface area contributed by atoms with Crippen LogP contribution in [0, 0.1) is 11.3 Å². The summed E-state index contributed by atoms with van der Waals surface area (Å²) in [6.45, 7) is 15.8. The number of likely N-dealkylation sites (tertiary alicyclic amines) is 2. The van der Waals surface area contributed by atoms with Crippen molar-refractivity contribution in [3.8, 4) is 28.3 Å². The Kier molecular flexibility index (Phi) is 15.2. The number of hydrogen-bond acceptors (Lipinski definition) is 9. The van der Waals surface area contributed by atoms with Crippen LogP contribution in [-0.2, 0) is 30.1 Å². The Morgan fingerprint density at radius 2 is 1.02 bits per heavy atom. The molecule has 4 aromatic carbocycles. The number of hydrogen-bond donors (Lipinski definition) is 3. The minimum Gasteiger partial charge on any atom is -0.301 e. The van der Waals surface area contributed by atoms with Crippen LogP contribution in [0.2, 0.25) is 0 Å². The molecule has 0 saturated carbocycles. The smallest absolute Gasteiger partial charge is 0.229 e. The largest absolute Gasteiger partial charge is 0.301 e. The van der Waals surface area contributed by atoms with Gasteiger partial charge in [-0.25, -0.2) is 34.7 Å². The van der Waals surface area contributed by atoms with Gasteiger partial charge in [0.05, 0.1) is 28.4 Å². The van der Waals surface area contributed by atoms with Crippen molar-refractivity contribution in [2.45, 2.75) is 76.0 Å². The summed E-state index contributed by atoms with van der Waals surface area (Å²) in [5.41, 5.74) is 7.39. The summed E-state index contributed by atoms with van der Waals surface area (Å²) >= 11 is 0. The van der Waals surface area contributed by atoms with Gasteiger partial charge in [0.25, 0.3) is 0 Å². The first-order valence-corrected chi connectivity index (χ1v) is 25.1. The lowest BCUT2D eigenvalue weighted by molar-refractivity contribution is 0.348. The van der Waals surface area contributed by atoms with E-state index in [1.54, 1.807) is 39.8 Å². The van der Waals surface area contributed by atoms with Crippen LogP contribution in [0.4, 0.5) is 5.69 Å². The Morgan fingerprint density at radius 3 is 1.39 bits per heavy atom. The SMILES string of the molecule is CCN1CC(NS(=O)(=O)C(C)C)C(c2ccc(-c3ccc(C#N)cc3)cc2)C1.CCN1CC(NS(=O)(=O)C(C)C)C(c2ccc(-c3cccc(NS(C)(=O)=O)c3)cc2)C1. The number of nitriles is 1. The van der Waals surface area contributed by atoms with Gasteiger partial charge in [0.15, 0.2) is 0 Å². The summed E-state index contributed by atoms with van der Waals surface area (Å²) in [6.07, 6.45) is 1.12. The molecule has 0 bridgehead atoms. The number of likely N-dealkylation sites (N-methyl/N-ethyl adjacent to an activating group) is 2. The van der Waals surface area contributed by atoms with Crippen LogP contribution in [0.5, 0.6) is 0 Å². The molecule has 2 saturated heterocycles. The second-order valence-corrected chi connectivity index (χ2v) is 22.2. The summed E-state index contributed by atoms with van der Waals surface area (Å²) in [6, 6.07) is 33.0. The van der Waals surface area contributed by atoms with Crippen LogP contribution in [0.3, 0.4) is 0 Å². The van der Waals surface area contributed by atoms with Crippen LogP contribution in [-0.4, -0.2) is 103 Å². The lowest BCUT2D eigenvalue weighted by Gasteiger charge is -2.22. The predicted octanol–water partition coefficient (Wildman–Crippen LogP) is 6.18. The summed E-state index contributed by atoms with van der Waals surface area (Å²) in [7, 11) is -10.0. The van der Waals surface area contributed by atoms with Crippen molar-refractivity contribution < 1.29 is 25.3 Å². The minimum absolute atomic E-state index is 0.0701. The quantitative estimate of drug-likeness (QED) is 0.134. The summed E-state index contributed by atoms with van der Waals surface area (Å²) in [5.74, 6) is 0.198. The van der Waals surface area contributed by atoms with Crippen LogP contribution in [0.15, 0.2) is 97.1 Å². The van der Waals surface area contributed by atoms with Crippen LogP contribution >= 0.6 is 0 Å². The van der Waals surface area contributed by atoms with Crippen molar-refractivity contribution in [2.24, 2.45) is 0 Å². The van der Waals surface area contributed by atoms with Crippen molar-refractivity contribution in [2.75, 3.05) is 50.2 Å². The lowest BCUT2D eigenvalue weighted by atomic mass is 9.93. The molecule has 318 valence electrons. The van der Waals surface area contributed by atoms with Crippen molar-refractivity contribution >= 4 is 35.8 Å². The van der Waals surface area contributed by atoms with E-state index in [1.807, 2.05) is 60.7 Å². The number of benzene rings is 4. The van der Waals surface area contributed by atoms with E-state index in [0.717, 1.165) is 72.4 Å². The third-order valence-electron chi connectivity index (χ3n) is 11.1. The topological polar surface area (TPSA) is 169 Å². The molecule has 4 atom stereocenters. The third kappa shape index (κ3) is 12.2. The molecule has 0 radical (unpaired) electrons. The molecule has 4 unspecified atom stereocenters. The molecular weight excluding hydrogens is 805 g/mol. The second kappa shape index (κ2) is 19.5. The highest BCUT2D eigenvalue weighted by molar-refractivity contribution is 7.92. The average Bonchev–Trinajstić information content (AvgIpc) is 3.80. The first-order valence-electron chi connectivity index (χ1n) is 20.1. The van der Waals surface area contributed by atoms with Crippen molar-refractivity contribution in [1.29, 1.82) is 5.26 Å². The van der Waals surface area contributed by atoms with Gasteiger partial charge in [0, 0.05) is 55.8 Å². The van der Waals surface area contributed by atoms with E-state index < -0.39 is 40.6 Å². The van der Waals surface area contributed by atoms with Crippen molar-refractivity contribution in [3.05, 3.63) is 114 Å². The van der Waals surface area contributed by atoms with Crippen LogP contribution in [0.1, 0.15) is 70.1 Å². The zero-order valence-corrected chi connectivity index (χ0v) is 37.4. The van der Waals surface area contributed by atoms with E-state index in [9.17, 15) is 25.3 Å². The maximum absolute atomic E-state index is 12.4. The highest BCUT2D eigenvalue weighted by Gasteiger charge is 2.37. The van der Waals surface area contributed by atoms with Gasteiger partial charge in [0.2, 0.25) is 30.1 Å². The van der Waals surface area contributed by atoms with Gasteiger partial charge in [-0.05, 0) is 98.4 Å². The van der Waals surface area contributed by atoms with Crippen molar-refractivity contribution in [3.63, 3.8) is 0 Å². The van der Waals surface area contributed by atoms with E-state index in [4.69, 9.17) is 5.26 Å². The fraction of sp³-hybridized carbons (Fsp3) is 0.432. The number of rotatable bonds is 14. The monoisotopic (exact) mass is 862 g/mol. The molecule has 0 aliphatic carbocycles. The standard InChI is InChI=1S/C22H31N3O4S2.C22H27N3O2S/c1-5-25-14-21(22(15-25)24-31(28,29)16(2)3)18-11-9-17(10-12-18)19-7-6-8-20(13-19)23-30(4,26)27;1-4-25-14-21(22(15-25)24-28(26,27)16(2)3)20-11-9-19(10-12-20)18-7-5-17(13-23)6-8-18/h6-13,16,21-24H,5,14-15H2,1-4H3;5-12,16,21-22,24H,4,14-15H2,1-3H3. The van der Waals surface area contributed by atoms with Gasteiger partial charge in [-0.2, -0.15) is 5.26 Å². The minimum atomic E-state index is -3.36. The molecule has 2 aliphatic heterocycles. The predicted molar refractivity (Wildman–Crippen MR) is 239 cm³/mol. The Morgan fingerprint density at radius 1 is 0.610 bits per heavy atom. The zero-order valence-electron chi connectivity index (χ0n) is 35.0. The molecule has 59 heavy (non-hydrogen) atoms. The highest BCUT2D eigenvalue weighted by Crippen LogP contribution is 2.32. The first kappa shape index (κ1) is 45.9. The second-order valence-electron chi connectivity index (χ2n) is 15.9. The lowest BCUT2D eigenvalue weighted by Crippen LogP contribution is -2.42. The van der Waals surface area contributed by atoms with Gasteiger partial charge >= 0.3 is 0 Å². The fourth-order valence-corrected chi connectivity index (χ4v) is 9.88. The number of nitrogens with zero attached hydrogens (tertiary/aromatic N) is 3. The zero-order chi connectivity index (χ0) is 43.1. The Bertz CT molecular complexity index is 2400. The molecule has 2 heterocycles. The van der Waals surface area contributed by atoms with Crippen LogP contribution in [0.25, 0.3) is 22.3 Å². The number of anilines is 1. The van der Waals surface area contributed by atoms with E-state index >= 15 is 0 Å². The Hall–Kier alpha value is -4.14. The molecule has 3 N–H and O–H groups in total. The molecule has 12 nitrogen and oxygen atoms in total. The molecule has 0 aromatic heterocycles. The Balaban J connectivity index is 0.000000225. The normalized spacial score (nSPS) is 20.3. The molecule has 0 spiro atoms. The van der Waals surface area contributed by atoms with Gasteiger partial charge < -0.3 is 9.80 Å². The summed E-state index contributed by atoms with van der Waals surface area (Å²) < 4.78 is 81.0. The van der Waals surface area contributed by atoms with E-state index in [0.29, 0.717) is 17.8 Å². The Labute approximate surface area is 352 Å². The van der Waals surface area contributed by atoms with Gasteiger partial charge in [-0.1, -0.05) is 86.6 Å². The van der Waals surface area contributed by atoms with Crippen LogP contribution < -0.4 is 14.2 Å². The van der Waals surface area contributed by atoms with E-state index in [1.165, 1.54) is 0 Å². The highest BCUT2D eigenvalue weighted by atomic mass is 32.2. The van der Waals surface area contributed by atoms with E-state index in [2.05, 4.69) is 68.1 Å². The molecule has 2 fully saturated rings.